The lowest BCUT2D eigenvalue weighted by Gasteiger charge is -2.26. The molecule has 2 aromatic carbocycles. The second-order valence-corrected chi connectivity index (χ2v) is 9.20. The van der Waals surface area contributed by atoms with Crippen molar-refractivity contribution in [1.29, 1.82) is 0 Å². The molecule has 1 saturated heterocycles. The number of halogens is 3. The van der Waals surface area contributed by atoms with Crippen molar-refractivity contribution in [3.8, 4) is 11.1 Å². The normalized spacial score (nSPS) is 14.1. The van der Waals surface area contributed by atoms with Gasteiger partial charge in [0, 0.05) is 36.3 Å². The summed E-state index contributed by atoms with van der Waals surface area (Å²) in [4.78, 5) is 30.5. The van der Waals surface area contributed by atoms with E-state index in [4.69, 9.17) is 14.9 Å². The summed E-state index contributed by atoms with van der Waals surface area (Å²) in [7, 11) is 0. The molecule has 0 atom stereocenters. The number of nitrogen functional groups attached to an aromatic ring is 1. The summed E-state index contributed by atoms with van der Waals surface area (Å²) in [5.41, 5.74) is 6.24. The Hall–Kier alpha value is -4.64. The average molecular weight is 551 g/mol. The number of ether oxygens (including phenoxy) is 1. The number of anilines is 1. The fraction of sp³-hybridized carbons (Fsp3) is 0.207. The van der Waals surface area contributed by atoms with E-state index in [1.807, 2.05) is 0 Å². The van der Waals surface area contributed by atoms with Gasteiger partial charge in [-0.15, -0.1) is 0 Å². The standard InChI is InChI=1S/C29H25F3N4O4/c30-29(31,32)24-15-21(19-3-5-20(6-4-19)28(38)36-9-11-39-12-10-36)13-22-14-23(40-27(22)24)17-35-26(37)8-2-18-1-7-25(33)34-16-18/h1-8,13-16H,9-12,17H2,(H2,33,34)(H,35,37). The highest BCUT2D eigenvalue weighted by atomic mass is 19.4. The summed E-state index contributed by atoms with van der Waals surface area (Å²) in [6.45, 7) is 1.82. The number of benzene rings is 2. The zero-order valence-corrected chi connectivity index (χ0v) is 21.2. The van der Waals surface area contributed by atoms with Crippen LogP contribution in [0, 0.1) is 0 Å². The summed E-state index contributed by atoms with van der Waals surface area (Å²) in [6.07, 6.45) is -0.352. The van der Waals surface area contributed by atoms with Crippen LogP contribution in [0.1, 0.15) is 27.2 Å². The number of alkyl halides is 3. The van der Waals surface area contributed by atoms with Crippen LogP contribution in [0.25, 0.3) is 28.2 Å². The minimum Gasteiger partial charge on any atom is -0.459 e. The Morgan fingerprint density at radius 1 is 1.02 bits per heavy atom. The number of nitrogens with one attached hydrogen (secondary N) is 1. The predicted molar refractivity (Wildman–Crippen MR) is 143 cm³/mol. The minimum atomic E-state index is -4.67. The van der Waals surface area contributed by atoms with Crippen LogP contribution in [0.4, 0.5) is 19.0 Å². The third-order valence-corrected chi connectivity index (χ3v) is 6.41. The first-order chi connectivity index (χ1) is 19.2. The van der Waals surface area contributed by atoms with Crippen LogP contribution in [-0.2, 0) is 22.3 Å². The Labute approximate surface area is 227 Å². The van der Waals surface area contributed by atoms with Gasteiger partial charge in [0.1, 0.15) is 17.2 Å². The number of pyridine rings is 1. The van der Waals surface area contributed by atoms with E-state index in [0.717, 1.165) is 6.07 Å². The maximum Gasteiger partial charge on any atom is 0.420 e. The fourth-order valence-electron chi connectivity index (χ4n) is 4.35. The molecule has 4 aromatic rings. The van der Waals surface area contributed by atoms with Crippen LogP contribution in [-0.4, -0.2) is 48.0 Å². The van der Waals surface area contributed by atoms with Crippen LogP contribution in [0.15, 0.2) is 71.3 Å². The first-order valence-corrected chi connectivity index (χ1v) is 12.5. The zero-order chi connectivity index (χ0) is 28.3. The fourth-order valence-corrected chi connectivity index (χ4v) is 4.35. The first kappa shape index (κ1) is 26.9. The van der Waals surface area contributed by atoms with Crippen molar-refractivity contribution in [2.45, 2.75) is 12.7 Å². The van der Waals surface area contributed by atoms with Gasteiger partial charge in [-0.25, -0.2) is 4.98 Å². The van der Waals surface area contributed by atoms with Crippen molar-refractivity contribution in [2.24, 2.45) is 0 Å². The van der Waals surface area contributed by atoms with Gasteiger partial charge in [-0.2, -0.15) is 13.2 Å². The molecule has 0 saturated carbocycles. The molecule has 2 amide bonds. The number of nitrogens with zero attached hydrogens (tertiary/aromatic N) is 2. The summed E-state index contributed by atoms with van der Waals surface area (Å²) in [6, 6.07) is 13.8. The van der Waals surface area contributed by atoms with Gasteiger partial charge in [-0.3, -0.25) is 9.59 Å². The molecule has 40 heavy (non-hydrogen) atoms. The highest BCUT2D eigenvalue weighted by Crippen LogP contribution is 2.39. The van der Waals surface area contributed by atoms with Crippen molar-refractivity contribution in [3.05, 3.63) is 89.3 Å². The molecule has 3 N–H and O–H groups in total. The molecule has 3 heterocycles. The number of hydrogen-bond acceptors (Lipinski definition) is 6. The molecule has 1 fully saturated rings. The van der Waals surface area contributed by atoms with Gasteiger partial charge in [0.15, 0.2) is 0 Å². The topological polar surface area (TPSA) is 111 Å². The Morgan fingerprint density at radius 2 is 1.77 bits per heavy atom. The zero-order valence-electron chi connectivity index (χ0n) is 21.2. The Morgan fingerprint density at radius 3 is 2.45 bits per heavy atom. The SMILES string of the molecule is Nc1ccc(C=CC(=O)NCc2cc3cc(-c4ccc(C(=O)N5CCOCC5)cc4)cc(C(F)(F)F)c3o2)cn1. The van der Waals surface area contributed by atoms with Gasteiger partial charge < -0.3 is 25.1 Å². The molecule has 1 aliphatic rings. The van der Waals surface area contributed by atoms with Crippen LogP contribution in [0.5, 0.6) is 0 Å². The lowest BCUT2D eigenvalue weighted by atomic mass is 9.99. The average Bonchev–Trinajstić information content (AvgIpc) is 3.38. The molecule has 11 heteroatoms. The van der Waals surface area contributed by atoms with Gasteiger partial charge in [-0.1, -0.05) is 12.1 Å². The van der Waals surface area contributed by atoms with E-state index in [1.54, 1.807) is 47.4 Å². The largest absolute Gasteiger partial charge is 0.459 e. The second kappa shape index (κ2) is 11.2. The molecule has 8 nitrogen and oxygen atoms in total. The molecular weight excluding hydrogens is 525 g/mol. The van der Waals surface area contributed by atoms with Crippen molar-refractivity contribution >= 4 is 34.7 Å². The van der Waals surface area contributed by atoms with E-state index >= 15 is 0 Å². The summed E-state index contributed by atoms with van der Waals surface area (Å²) in [5.74, 6) is -0.0905. The maximum absolute atomic E-state index is 14.0. The van der Waals surface area contributed by atoms with Gasteiger partial charge in [-0.05, 0) is 65.2 Å². The molecule has 0 bridgehead atoms. The van der Waals surface area contributed by atoms with Crippen molar-refractivity contribution in [3.63, 3.8) is 0 Å². The quantitative estimate of drug-likeness (QED) is 0.331. The van der Waals surface area contributed by atoms with E-state index in [9.17, 15) is 22.8 Å². The number of morpholine rings is 1. The molecule has 0 unspecified atom stereocenters. The molecule has 5 rings (SSSR count). The maximum atomic E-state index is 14.0. The number of furan rings is 1. The van der Waals surface area contributed by atoms with Crippen molar-refractivity contribution < 1.29 is 31.9 Å². The molecular formula is C29H25F3N4O4. The highest BCUT2D eigenvalue weighted by molar-refractivity contribution is 5.95. The van der Waals surface area contributed by atoms with Gasteiger partial charge in [0.05, 0.1) is 25.3 Å². The molecule has 0 aliphatic carbocycles. The van der Waals surface area contributed by atoms with E-state index < -0.39 is 17.6 Å². The summed E-state index contributed by atoms with van der Waals surface area (Å²) >= 11 is 0. The Bertz CT molecular complexity index is 1560. The van der Waals surface area contributed by atoms with Gasteiger partial charge >= 0.3 is 6.18 Å². The molecule has 2 aromatic heterocycles. The molecule has 0 spiro atoms. The third-order valence-electron chi connectivity index (χ3n) is 6.41. The lowest BCUT2D eigenvalue weighted by molar-refractivity contribution is -0.136. The number of rotatable bonds is 6. The summed E-state index contributed by atoms with van der Waals surface area (Å²) in [5, 5.41) is 2.84. The van der Waals surface area contributed by atoms with E-state index in [-0.39, 0.29) is 29.2 Å². The van der Waals surface area contributed by atoms with E-state index in [0.29, 0.717) is 54.4 Å². The number of nitrogens with two attached hydrogens (primary N) is 1. The number of carbonyl (C=O) groups is 2. The van der Waals surface area contributed by atoms with E-state index in [1.165, 1.54) is 24.4 Å². The Kier molecular flexibility index (Phi) is 7.56. The third kappa shape index (κ3) is 6.15. The number of aromatic nitrogens is 1. The molecule has 1 aliphatic heterocycles. The van der Waals surface area contributed by atoms with Crippen LogP contribution < -0.4 is 11.1 Å². The Balaban J connectivity index is 1.35. The lowest BCUT2D eigenvalue weighted by Crippen LogP contribution is -2.40. The minimum absolute atomic E-state index is 0.108. The molecule has 0 radical (unpaired) electrons. The van der Waals surface area contributed by atoms with Gasteiger partial charge in [0.2, 0.25) is 5.91 Å². The first-order valence-electron chi connectivity index (χ1n) is 12.5. The smallest absolute Gasteiger partial charge is 0.420 e. The number of amides is 2. The number of fused-ring (bicyclic) bond motifs is 1. The van der Waals surface area contributed by atoms with Crippen LogP contribution >= 0.6 is 0 Å². The molecule has 206 valence electrons. The van der Waals surface area contributed by atoms with Gasteiger partial charge in [0.25, 0.3) is 5.91 Å². The van der Waals surface area contributed by atoms with Crippen molar-refractivity contribution in [1.82, 2.24) is 15.2 Å². The van der Waals surface area contributed by atoms with E-state index in [2.05, 4.69) is 10.3 Å². The number of carbonyl (C=O) groups excluding carboxylic acids is 2. The summed E-state index contributed by atoms with van der Waals surface area (Å²) < 4.78 is 52.8. The second-order valence-electron chi connectivity index (χ2n) is 9.20. The monoisotopic (exact) mass is 550 g/mol. The van der Waals surface area contributed by atoms with Crippen LogP contribution in [0.2, 0.25) is 0 Å². The number of hydrogen-bond donors (Lipinski definition) is 2. The van der Waals surface area contributed by atoms with Crippen molar-refractivity contribution in [2.75, 3.05) is 32.0 Å². The van der Waals surface area contributed by atoms with Crippen LogP contribution in [0.3, 0.4) is 0 Å². The highest BCUT2D eigenvalue weighted by Gasteiger charge is 2.35. The predicted octanol–water partition coefficient (Wildman–Crippen LogP) is 4.90.